The third kappa shape index (κ3) is 9.73. The van der Waals surface area contributed by atoms with Crippen LogP contribution in [0, 0.1) is 0 Å². The fourth-order valence-corrected chi connectivity index (χ4v) is 1.19. The van der Waals surface area contributed by atoms with Crippen molar-refractivity contribution in [2.75, 3.05) is 12.4 Å². The number of ether oxygens (including phenoxy) is 1. The molecule has 0 radical (unpaired) electrons. The van der Waals surface area contributed by atoms with Crippen LogP contribution >= 0.6 is 22.5 Å². The van der Waals surface area contributed by atoms with E-state index < -0.39 is 5.97 Å². The number of thiol groups is 1. The minimum absolute atomic E-state index is 0.111. The molecule has 0 bridgehead atoms. The molecule has 0 aromatic heterocycles. The Balaban J connectivity index is 3.22. The van der Waals surface area contributed by atoms with Gasteiger partial charge in [-0.2, -0.15) is 0 Å². The lowest BCUT2D eigenvalue weighted by molar-refractivity contribution is -0.143. The van der Waals surface area contributed by atoms with Crippen LogP contribution in [-0.2, 0) is 14.3 Å². The summed E-state index contributed by atoms with van der Waals surface area (Å²) in [5.74, 6) is -0.424. The molecule has 1 N–H and O–H groups in total. The van der Waals surface area contributed by atoms with Crippen molar-refractivity contribution >= 4 is 34.4 Å². The van der Waals surface area contributed by atoms with E-state index in [4.69, 9.17) is 9.84 Å². The Morgan fingerprint density at radius 2 is 1.93 bits per heavy atom. The smallest absolute Gasteiger partial charge is 0.305 e. The number of rotatable bonds is 8. The van der Waals surface area contributed by atoms with Gasteiger partial charge in [-0.05, 0) is 12.8 Å². The number of carboxylic acids is 1. The molecule has 0 heterocycles. The zero-order valence-corrected chi connectivity index (χ0v) is 9.48. The molecule has 4 nitrogen and oxygen atoms in total. The summed E-state index contributed by atoms with van der Waals surface area (Å²) in [5.41, 5.74) is 0. The minimum atomic E-state index is -0.829. The second-order valence-electron chi connectivity index (χ2n) is 2.65. The molecule has 0 aromatic carbocycles. The zero-order chi connectivity index (χ0) is 10.8. The van der Waals surface area contributed by atoms with Gasteiger partial charge in [0.05, 0.1) is 0 Å². The molecule has 0 atom stereocenters. The monoisotopic (exact) mass is 238 g/mol. The molecule has 6 heteroatoms. The molecule has 0 aliphatic rings. The van der Waals surface area contributed by atoms with Gasteiger partial charge in [-0.15, -0.1) is 11.7 Å². The number of esters is 1. The third-order valence-corrected chi connectivity index (χ3v) is 2.36. The van der Waals surface area contributed by atoms with Crippen molar-refractivity contribution < 1.29 is 19.4 Å². The summed E-state index contributed by atoms with van der Waals surface area (Å²) in [7, 11) is 1.32. The summed E-state index contributed by atoms with van der Waals surface area (Å²) in [6.07, 6.45) is 1.50. The van der Waals surface area contributed by atoms with Crippen LogP contribution in [0.25, 0.3) is 0 Å². The van der Waals surface area contributed by atoms with E-state index in [0.717, 1.165) is 0 Å². The largest absolute Gasteiger partial charge is 0.481 e. The van der Waals surface area contributed by atoms with Gasteiger partial charge in [-0.25, -0.2) is 0 Å². The summed E-state index contributed by atoms with van der Waals surface area (Å²) in [6.45, 7) is 0.367. The average molecular weight is 238 g/mol. The van der Waals surface area contributed by atoms with E-state index in [0.29, 0.717) is 31.6 Å². The van der Waals surface area contributed by atoms with Gasteiger partial charge >= 0.3 is 11.9 Å². The van der Waals surface area contributed by atoms with Gasteiger partial charge in [-0.3, -0.25) is 9.59 Å². The van der Waals surface area contributed by atoms with Crippen LogP contribution in [0.5, 0.6) is 0 Å². The quantitative estimate of drug-likeness (QED) is 0.292. The normalized spacial score (nSPS) is 9.79. The highest BCUT2D eigenvalue weighted by Gasteiger charge is 2.03. The lowest BCUT2D eigenvalue weighted by Gasteiger charge is -2.02. The van der Waals surface area contributed by atoms with Crippen LogP contribution in [0.3, 0.4) is 0 Å². The second-order valence-corrected chi connectivity index (χ2v) is 4.10. The van der Waals surface area contributed by atoms with Crippen LogP contribution in [0.2, 0.25) is 0 Å². The van der Waals surface area contributed by atoms with E-state index in [1.54, 1.807) is 0 Å². The van der Waals surface area contributed by atoms with Gasteiger partial charge in [0, 0.05) is 18.6 Å². The Morgan fingerprint density at radius 3 is 2.50 bits per heavy atom. The number of hydrogen-bond acceptors (Lipinski definition) is 5. The van der Waals surface area contributed by atoms with Crippen molar-refractivity contribution in [1.82, 2.24) is 0 Å². The Hall–Kier alpha value is -0.360. The van der Waals surface area contributed by atoms with Gasteiger partial charge in [-0.1, -0.05) is 10.8 Å². The van der Waals surface area contributed by atoms with Crippen molar-refractivity contribution in [2.45, 2.75) is 25.7 Å². The van der Waals surface area contributed by atoms with Gasteiger partial charge in [0.2, 0.25) is 0 Å². The highest BCUT2D eigenvalue weighted by Crippen LogP contribution is 2.05. The van der Waals surface area contributed by atoms with Crippen LogP contribution in [0.15, 0.2) is 0 Å². The molecule has 82 valence electrons. The number of aliphatic carboxylic acids is 1. The topological polar surface area (TPSA) is 63.6 Å². The molecule has 0 aliphatic carbocycles. The first kappa shape index (κ1) is 13.6. The average Bonchev–Trinajstić information content (AvgIpc) is 2.13. The molecule has 14 heavy (non-hydrogen) atoms. The Bertz CT molecular complexity index is 184. The minimum Gasteiger partial charge on any atom is -0.481 e. The number of carboxylic acid groups (broad SMARTS) is 1. The summed E-state index contributed by atoms with van der Waals surface area (Å²) in [5, 5.41) is 8.32. The third-order valence-electron chi connectivity index (χ3n) is 1.46. The molecule has 0 saturated carbocycles. The summed E-state index contributed by atoms with van der Waals surface area (Å²) < 4.78 is 4.83. The molecular weight excluding hydrogens is 224 g/mol. The van der Waals surface area contributed by atoms with E-state index >= 15 is 0 Å². The predicted octanol–water partition coefficient (Wildman–Crippen LogP) is 1.75. The van der Waals surface area contributed by atoms with E-state index in [2.05, 4.69) is 11.7 Å². The van der Waals surface area contributed by atoms with Crippen molar-refractivity contribution in [2.24, 2.45) is 0 Å². The molecule has 0 spiro atoms. The molecular formula is C8H14O4S2. The zero-order valence-electron chi connectivity index (χ0n) is 7.77. The molecule has 0 aromatic rings. The molecule has 0 fully saturated rings. The van der Waals surface area contributed by atoms with Gasteiger partial charge in [0.1, 0.15) is 6.61 Å². The maximum atomic E-state index is 11.0. The number of unbranched alkanes of at least 4 members (excludes halogenated alkanes) is 1. The van der Waals surface area contributed by atoms with Gasteiger partial charge in [0.15, 0.2) is 0 Å². The Labute approximate surface area is 92.2 Å². The van der Waals surface area contributed by atoms with Gasteiger partial charge < -0.3 is 9.84 Å². The SMILES string of the molecule is O=C(O)CCCCC(=O)OCCSS. The Morgan fingerprint density at radius 1 is 1.29 bits per heavy atom. The number of carbonyl (C=O) groups is 2. The standard InChI is InChI=1S/C8H14O4S2/c9-7(10)3-1-2-4-8(11)12-5-6-14-13/h13H,1-6H2,(H,9,10). The fourth-order valence-electron chi connectivity index (χ4n) is 0.811. The first-order valence-corrected chi connectivity index (χ1v) is 6.34. The number of hydrogen-bond donors (Lipinski definition) is 2. The highest BCUT2D eigenvalue weighted by molar-refractivity contribution is 8.68. The molecule has 0 amide bonds. The number of carbonyl (C=O) groups excluding carboxylic acids is 1. The van der Waals surface area contributed by atoms with E-state index in [1.807, 2.05) is 0 Å². The Kier molecular flexibility index (Phi) is 8.97. The van der Waals surface area contributed by atoms with Crippen LogP contribution in [-0.4, -0.2) is 29.4 Å². The molecule has 0 rings (SSSR count). The lowest BCUT2D eigenvalue weighted by atomic mass is 10.2. The summed E-state index contributed by atoms with van der Waals surface area (Å²) in [4.78, 5) is 21.1. The van der Waals surface area contributed by atoms with Crippen LogP contribution in [0.1, 0.15) is 25.7 Å². The molecule has 0 unspecified atom stereocenters. The van der Waals surface area contributed by atoms with Crippen molar-refractivity contribution in [3.8, 4) is 0 Å². The fraction of sp³-hybridized carbons (Fsp3) is 0.750. The second kappa shape index (κ2) is 9.21. The predicted molar refractivity (Wildman–Crippen MR) is 58.5 cm³/mol. The summed E-state index contributed by atoms with van der Waals surface area (Å²) in [6, 6.07) is 0. The molecule has 0 saturated heterocycles. The van der Waals surface area contributed by atoms with Crippen molar-refractivity contribution in [3.05, 3.63) is 0 Å². The van der Waals surface area contributed by atoms with E-state index in [-0.39, 0.29) is 12.4 Å². The first-order chi connectivity index (χ1) is 6.66. The highest BCUT2D eigenvalue weighted by atomic mass is 33.1. The van der Waals surface area contributed by atoms with Crippen LogP contribution in [0.4, 0.5) is 0 Å². The molecule has 0 aliphatic heterocycles. The summed E-state index contributed by atoms with van der Waals surface area (Å²) >= 11 is 3.89. The first-order valence-electron chi connectivity index (χ1n) is 4.30. The van der Waals surface area contributed by atoms with Gasteiger partial charge in [0.25, 0.3) is 0 Å². The maximum Gasteiger partial charge on any atom is 0.305 e. The maximum absolute atomic E-state index is 11.0. The van der Waals surface area contributed by atoms with E-state index in [9.17, 15) is 9.59 Å². The lowest BCUT2D eigenvalue weighted by Crippen LogP contribution is -2.07. The van der Waals surface area contributed by atoms with Crippen molar-refractivity contribution in [3.63, 3.8) is 0 Å². The van der Waals surface area contributed by atoms with Crippen LogP contribution < -0.4 is 0 Å². The van der Waals surface area contributed by atoms with Crippen molar-refractivity contribution in [1.29, 1.82) is 0 Å². The van der Waals surface area contributed by atoms with E-state index in [1.165, 1.54) is 10.8 Å².